The predicted octanol–water partition coefficient (Wildman–Crippen LogP) is -14.9. The van der Waals surface area contributed by atoms with Crippen molar-refractivity contribution in [2.75, 3.05) is 0 Å². The molecule has 0 aliphatic rings. The van der Waals surface area contributed by atoms with Gasteiger partial charge in [0.1, 0.15) is 11.6 Å². The fraction of sp³-hybridized carbons (Fsp3) is 0.417. The second-order valence-corrected chi connectivity index (χ2v) is 4.64. The molecule has 27 heavy (non-hydrogen) atoms. The molecule has 1 heterocycles. The van der Waals surface area contributed by atoms with Gasteiger partial charge in [0.25, 0.3) is 0 Å². The quantitative estimate of drug-likeness (QED) is 0.292. The first-order valence-corrected chi connectivity index (χ1v) is 6.27. The van der Waals surface area contributed by atoms with Gasteiger partial charge in [-0.3, -0.25) is 4.79 Å². The number of aromatic amines is 1. The summed E-state index contributed by atoms with van der Waals surface area (Å²) in [5.74, 6) is -6.98. The van der Waals surface area contributed by atoms with Crippen molar-refractivity contribution >= 4 is 23.9 Å². The van der Waals surface area contributed by atoms with Crippen molar-refractivity contribution in [3.05, 3.63) is 18.2 Å². The molecule has 0 amide bonds. The monoisotopic (exact) mass is 413 g/mol. The van der Waals surface area contributed by atoms with Gasteiger partial charge in [-0.15, -0.1) is 0 Å². The van der Waals surface area contributed by atoms with E-state index in [-0.39, 0.29) is 95.1 Å². The Kier molecular flexibility index (Phi) is 21.6. The molecule has 0 aromatic carbocycles. The minimum atomic E-state index is -2.97. The Morgan fingerprint density at radius 2 is 1.56 bits per heavy atom. The number of carboxylic acid groups (broad SMARTS) is 4. The smallest absolute Gasteiger partial charge is 0.550 e. The number of hydrogen-bond donors (Lipinski definition) is 4. The van der Waals surface area contributed by atoms with Crippen LogP contribution in [0.25, 0.3) is 0 Å². The van der Waals surface area contributed by atoms with Crippen LogP contribution in [0.1, 0.15) is 18.5 Å². The number of imidazole rings is 1. The van der Waals surface area contributed by atoms with E-state index in [1.165, 1.54) is 6.33 Å². The van der Waals surface area contributed by atoms with Crippen LogP contribution in [0.15, 0.2) is 12.5 Å². The van der Waals surface area contributed by atoms with E-state index in [1.807, 2.05) is 0 Å². The maximum Gasteiger partial charge on any atom is 1.00 e. The summed E-state index contributed by atoms with van der Waals surface area (Å²) < 4.78 is 0. The van der Waals surface area contributed by atoms with Crippen LogP contribution in [0.4, 0.5) is 0 Å². The average molecular weight is 413 g/mol. The zero-order valence-corrected chi connectivity index (χ0v) is 21.1. The molecule has 0 fully saturated rings. The molecule has 5 N–H and O–H groups in total. The molecule has 1 aromatic heterocycles. The van der Waals surface area contributed by atoms with E-state index in [9.17, 15) is 34.5 Å². The Morgan fingerprint density at radius 1 is 1.11 bits per heavy atom. The van der Waals surface area contributed by atoms with Gasteiger partial charge in [0.05, 0.1) is 12.3 Å². The van der Waals surface area contributed by atoms with Crippen molar-refractivity contribution in [3.8, 4) is 0 Å². The fourth-order valence-electron chi connectivity index (χ4n) is 1.40. The van der Waals surface area contributed by atoms with Crippen LogP contribution in [-0.4, -0.2) is 55.7 Å². The molecule has 134 valence electrons. The van der Waals surface area contributed by atoms with Gasteiger partial charge in [0.15, 0.2) is 0 Å². The average Bonchev–Trinajstić information content (AvgIpc) is 2.90. The van der Waals surface area contributed by atoms with E-state index >= 15 is 0 Å². The number of nitrogens with two attached hydrogens (primary N) is 1. The van der Waals surface area contributed by atoms with E-state index in [0.717, 1.165) is 5.69 Å². The van der Waals surface area contributed by atoms with Crippen molar-refractivity contribution < 1.29 is 133 Å². The second-order valence-electron chi connectivity index (χ2n) is 4.64. The third kappa shape index (κ3) is 15.6. The maximum atomic E-state index is 10.3. The third-order valence-electron chi connectivity index (χ3n) is 2.57. The number of aromatic nitrogens is 2. The van der Waals surface area contributed by atoms with Crippen LogP contribution >= 0.6 is 0 Å². The van der Waals surface area contributed by atoms with Gasteiger partial charge >= 0.3 is 94.6 Å². The van der Waals surface area contributed by atoms with E-state index < -0.39 is 48.4 Å². The summed E-state index contributed by atoms with van der Waals surface area (Å²) in [5, 5.41) is 47.3. The number of hydrogen-bond acceptors (Lipinski definition) is 10. The second kappa shape index (κ2) is 16.9. The number of rotatable bonds is 8. The zero-order chi connectivity index (χ0) is 18.9. The van der Waals surface area contributed by atoms with Gasteiger partial charge in [-0.05, 0) is 0 Å². The first kappa shape index (κ1) is 34.5. The van der Waals surface area contributed by atoms with Gasteiger partial charge in [-0.1, -0.05) is 0 Å². The van der Waals surface area contributed by atoms with Crippen LogP contribution in [-0.2, 0) is 25.6 Å². The summed E-state index contributed by atoms with van der Waals surface area (Å²) in [6.45, 7) is 0. The number of nitrogens with one attached hydrogen (secondary N) is 1. The molecule has 0 spiro atoms. The molecule has 0 saturated carbocycles. The number of aliphatic carboxylic acids is 4. The zero-order valence-electron chi connectivity index (χ0n) is 15.1. The van der Waals surface area contributed by atoms with Gasteiger partial charge < -0.3 is 50.6 Å². The predicted molar refractivity (Wildman–Crippen MR) is 67.1 cm³/mol. The van der Waals surface area contributed by atoms with Crippen LogP contribution in [0.5, 0.6) is 0 Å². The van der Waals surface area contributed by atoms with Crippen molar-refractivity contribution in [3.63, 3.8) is 0 Å². The first-order valence-electron chi connectivity index (χ1n) is 6.27. The molecule has 0 unspecified atom stereocenters. The van der Waals surface area contributed by atoms with Crippen LogP contribution in [0, 0.1) is 0 Å². The maximum absolute atomic E-state index is 10.3. The molecular formula is C12H14N3Na3O9. The molecule has 0 saturated heterocycles. The van der Waals surface area contributed by atoms with Crippen molar-refractivity contribution in [1.29, 1.82) is 0 Å². The summed E-state index contributed by atoms with van der Waals surface area (Å²) in [6, 6.07) is -0.851. The minimum absolute atomic E-state index is 0. The molecule has 0 radical (unpaired) electrons. The van der Waals surface area contributed by atoms with E-state index in [0.29, 0.717) is 0 Å². The van der Waals surface area contributed by atoms with Crippen LogP contribution in [0.3, 0.4) is 0 Å². The first-order chi connectivity index (χ1) is 11.0. The molecule has 0 aliphatic carbocycles. The molecule has 0 bridgehead atoms. The molecule has 1 atom stereocenters. The summed E-state index contributed by atoms with van der Waals surface area (Å²) >= 11 is 0. The Labute approximate surface area is 219 Å². The number of carboxylic acids is 4. The Balaban J connectivity index is -0.000000178. The number of carbonyl (C=O) groups excluding carboxylic acids is 3. The number of nitrogens with zero attached hydrogens (tertiary/aromatic N) is 1. The molecule has 1 aromatic rings. The topological polar surface area (TPSA) is 233 Å². The largest absolute Gasteiger partial charge is 1.00 e. The van der Waals surface area contributed by atoms with Gasteiger partial charge in [-0.2, -0.15) is 0 Å². The summed E-state index contributed by atoms with van der Waals surface area (Å²) in [6.07, 6.45) is 0.620. The van der Waals surface area contributed by atoms with Crippen molar-refractivity contribution in [2.45, 2.75) is 30.9 Å². The molecule has 15 heteroatoms. The fourth-order valence-corrected chi connectivity index (χ4v) is 1.40. The molecule has 1 rings (SSSR count). The SMILES string of the molecule is N[C@@H](Cc1cnc[nH]1)C(=O)O.O=C([O-])CC(O)(CC(=O)[O-])C(=O)[O-].[Na+].[Na+].[Na+]. The van der Waals surface area contributed by atoms with Crippen LogP contribution in [0.2, 0.25) is 0 Å². The van der Waals surface area contributed by atoms with Crippen molar-refractivity contribution in [1.82, 2.24) is 9.97 Å². The standard InChI is InChI=1S/C6H9N3O2.C6H8O7.3Na/c7-5(6(10)11)1-4-2-8-3-9-4;7-3(8)1-6(13,5(11)12)2-4(9)10;;;/h2-3,5H,1,7H2,(H,8,9)(H,10,11);13H,1-2H2,(H,7,8)(H,9,10)(H,11,12);;;/q;;3*+1/p-3/t5-;;;;/m0..../s1. The number of aliphatic hydroxyl groups is 1. The normalized spacial score (nSPS) is 10.4. The summed E-state index contributed by atoms with van der Waals surface area (Å²) in [7, 11) is 0. The van der Waals surface area contributed by atoms with Crippen molar-refractivity contribution in [2.24, 2.45) is 5.73 Å². The van der Waals surface area contributed by atoms with Gasteiger partial charge in [0.2, 0.25) is 0 Å². The number of H-pyrrole nitrogens is 1. The third-order valence-corrected chi connectivity index (χ3v) is 2.57. The van der Waals surface area contributed by atoms with Gasteiger partial charge in [0, 0.05) is 43.1 Å². The minimum Gasteiger partial charge on any atom is -0.550 e. The van der Waals surface area contributed by atoms with E-state index in [4.69, 9.17) is 15.9 Å². The Bertz CT molecular complexity index is 582. The molecular weight excluding hydrogens is 399 g/mol. The van der Waals surface area contributed by atoms with Crippen LogP contribution < -0.4 is 110 Å². The Morgan fingerprint density at radius 3 is 1.81 bits per heavy atom. The number of carbonyl (C=O) groups is 4. The molecule has 0 aliphatic heterocycles. The molecule has 12 nitrogen and oxygen atoms in total. The Hall–Kier alpha value is 0.01000. The van der Waals surface area contributed by atoms with Gasteiger partial charge in [-0.25, -0.2) is 4.98 Å². The van der Waals surface area contributed by atoms with E-state index in [2.05, 4.69) is 9.97 Å². The summed E-state index contributed by atoms with van der Waals surface area (Å²) in [4.78, 5) is 46.8. The van der Waals surface area contributed by atoms with E-state index in [1.54, 1.807) is 6.20 Å². The summed E-state index contributed by atoms with van der Waals surface area (Å²) in [5.41, 5.74) is 3.02.